The van der Waals surface area contributed by atoms with E-state index >= 15 is 0 Å². The molecule has 0 amide bonds. The molecule has 3 nitrogen and oxygen atoms in total. The molecule has 2 N–H and O–H groups in total. The smallest absolute Gasteiger partial charge is 0.0388 e. The highest BCUT2D eigenvalue weighted by Crippen LogP contribution is 2.33. The topological polar surface area (TPSA) is 27.3 Å². The van der Waals surface area contributed by atoms with Crippen LogP contribution in [0.15, 0.2) is 24.3 Å². The number of piperazine rings is 1. The van der Waals surface area contributed by atoms with Gasteiger partial charge in [0, 0.05) is 44.5 Å². The predicted octanol–water partition coefficient (Wildman–Crippen LogP) is 1.45. The van der Waals surface area contributed by atoms with Gasteiger partial charge in [-0.1, -0.05) is 18.2 Å². The lowest BCUT2D eigenvalue weighted by Crippen LogP contribution is -2.46. The minimum absolute atomic E-state index is 0.625. The van der Waals surface area contributed by atoms with Crippen molar-refractivity contribution in [1.29, 1.82) is 0 Å². The molecule has 0 bridgehead atoms. The van der Waals surface area contributed by atoms with Gasteiger partial charge in [-0.05, 0) is 18.1 Å². The molecular formula is C13H19N3. The van der Waals surface area contributed by atoms with Gasteiger partial charge in [-0.3, -0.25) is 4.90 Å². The molecule has 3 rings (SSSR count). The molecule has 2 heterocycles. The summed E-state index contributed by atoms with van der Waals surface area (Å²) in [6, 6.07) is 9.37. The standard InChI is InChI=1S/C13H19N3/c1-2-4-12-11(3-1)13(5-6-15-12)16-9-7-14-8-10-16/h1-4,13-15H,5-10H2. The average Bonchev–Trinajstić information content (AvgIpc) is 2.39. The summed E-state index contributed by atoms with van der Waals surface area (Å²) in [5.74, 6) is 0. The van der Waals surface area contributed by atoms with Crippen molar-refractivity contribution in [3.8, 4) is 0 Å². The van der Waals surface area contributed by atoms with E-state index in [4.69, 9.17) is 0 Å². The Bertz CT molecular complexity index is 358. The molecule has 1 saturated heterocycles. The first-order valence-electron chi connectivity index (χ1n) is 6.23. The van der Waals surface area contributed by atoms with Crippen LogP contribution in [0.5, 0.6) is 0 Å². The van der Waals surface area contributed by atoms with Gasteiger partial charge in [0.15, 0.2) is 0 Å². The fourth-order valence-electron chi connectivity index (χ4n) is 2.82. The summed E-state index contributed by atoms with van der Waals surface area (Å²) < 4.78 is 0. The molecule has 1 fully saturated rings. The Kier molecular flexibility index (Phi) is 2.80. The van der Waals surface area contributed by atoms with Crippen LogP contribution in [0.25, 0.3) is 0 Å². The largest absolute Gasteiger partial charge is 0.385 e. The fourth-order valence-corrected chi connectivity index (χ4v) is 2.82. The van der Waals surface area contributed by atoms with Crippen molar-refractivity contribution in [2.24, 2.45) is 0 Å². The van der Waals surface area contributed by atoms with E-state index in [2.05, 4.69) is 39.8 Å². The number of fused-ring (bicyclic) bond motifs is 1. The molecule has 0 spiro atoms. The van der Waals surface area contributed by atoms with Gasteiger partial charge >= 0.3 is 0 Å². The lowest BCUT2D eigenvalue weighted by molar-refractivity contribution is 0.166. The molecule has 1 unspecified atom stereocenters. The van der Waals surface area contributed by atoms with Gasteiger partial charge in [0.2, 0.25) is 0 Å². The lowest BCUT2D eigenvalue weighted by Gasteiger charge is -2.38. The van der Waals surface area contributed by atoms with Crippen molar-refractivity contribution in [3.05, 3.63) is 29.8 Å². The summed E-state index contributed by atoms with van der Waals surface area (Å²) >= 11 is 0. The van der Waals surface area contributed by atoms with Crippen LogP contribution in [0, 0.1) is 0 Å². The second kappa shape index (κ2) is 4.44. The van der Waals surface area contributed by atoms with Crippen molar-refractivity contribution in [1.82, 2.24) is 10.2 Å². The van der Waals surface area contributed by atoms with E-state index in [1.165, 1.54) is 30.8 Å². The maximum atomic E-state index is 3.49. The summed E-state index contributed by atoms with van der Waals surface area (Å²) in [6.45, 7) is 5.72. The van der Waals surface area contributed by atoms with E-state index in [0.29, 0.717) is 6.04 Å². The van der Waals surface area contributed by atoms with Gasteiger partial charge in [-0.25, -0.2) is 0 Å². The van der Waals surface area contributed by atoms with E-state index in [1.54, 1.807) is 0 Å². The molecule has 1 aromatic rings. The Morgan fingerprint density at radius 2 is 1.88 bits per heavy atom. The third-order valence-electron chi connectivity index (χ3n) is 3.65. The van der Waals surface area contributed by atoms with Gasteiger partial charge in [0.1, 0.15) is 0 Å². The quantitative estimate of drug-likeness (QED) is 0.745. The maximum absolute atomic E-state index is 3.49. The van der Waals surface area contributed by atoms with Gasteiger partial charge in [0.05, 0.1) is 0 Å². The lowest BCUT2D eigenvalue weighted by atomic mass is 9.96. The molecule has 0 aliphatic carbocycles. The van der Waals surface area contributed by atoms with Crippen molar-refractivity contribution >= 4 is 5.69 Å². The molecule has 1 aromatic carbocycles. The number of benzene rings is 1. The Morgan fingerprint density at radius 1 is 1.06 bits per heavy atom. The van der Waals surface area contributed by atoms with Crippen molar-refractivity contribution in [3.63, 3.8) is 0 Å². The Hall–Kier alpha value is -1.06. The van der Waals surface area contributed by atoms with Crippen molar-refractivity contribution in [2.75, 3.05) is 38.0 Å². The minimum atomic E-state index is 0.625. The second-order valence-electron chi connectivity index (χ2n) is 4.60. The number of hydrogen-bond donors (Lipinski definition) is 2. The Balaban J connectivity index is 1.86. The van der Waals surface area contributed by atoms with E-state index in [1.807, 2.05) is 0 Å². The first-order valence-corrected chi connectivity index (χ1v) is 6.23. The SMILES string of the molecule is c1ccc2c(c1)NCCC2N1CCNCC1. The summed E-state index contributed by atoms with van der Waals surface area (Å²) in [7, 11) is 0. The maximum Gasteiger partial charge on any atom is 0.0388 e. The first kappa shape index (κ1) is 10.1. The van der Waals surface area contributed by atoms with Crippen LogP contribution in [-0.4, -0.2) is 37.6 Å². The molecule has 2 aliphatic rings. The minimum Gasteiger partial charge on any atom is -0.385 e. The van der Waals surface area contributed by atoms with Crippen LogP contribution >= 0.6 is 0 Å². The highest BCUT2D eigenvalue weighted by atomic mass is 15.2. The molecule has 86 valence electrons. The number of rotatable bonds is 1. The zero-order valence-corrected chi connectivity index (χ0v) is 9.58. The van der Waals surface area contributed by atoms with Crippen molar-refractivity contribution < 1.29 is 0 Å². The summed E-state index contributed by atoms with van der Waals surface area (Å²) in [5.41, 5.74) is 2.81. The monoisotopic (exact) mass is 217 g/mol. The van der Waals surface area contributed by atoms with Crippen molar-refractivity contribution in [2.45, 2.75) is 12.5 Å². The molecule has 16 heavy (non-hydrogen) atoms. The average molecular weight is 217 g/mol. The van der Waals surface area contributed by atoms with E-state index in [-0.39, 0.29) is 0 Å². The zero-order chi connectivity index (χ0) is 10.8. The summed E-state index contributed by atoms with van der Waals surface area (Å²) in [4.78, 5) is 2.62. The number of nitrogens with zero attached hydrogens (tertiary/aromatic N) is 1. The molecule has 3 heteroatoms. The van der Waals surface area contributed by atoms with Crippen LogP contribution in [0.1, 0.15) is 18.0 Å². The Labute approximate surface area is 96.8 Å². The normalized spacial score (nSPS) is 25.9. The molecule has 0 radical (unpaired) electrons. The highest BCUT2D eigenvalue weighted by molar-refractivity contribution is 5.54. The van der Waals surface area contributed by atoms with Gasteiger partial charge in [-0.15, -0.1) is 0 Å². The highest BCUT2D eigenvalue weighted by Gasteiger charge is 2.26. The summed E-state index contributed by atoms with van der Waals surface area (Å²) in [5, 5.41) is 6.91. The molecule has 0 aromatic heterocycles. The molecular weight excluding hydrogens is 198 g/mol. The van der Waals surface area contributed by atoms with Gasteiger partial charge in [-0.2, -0.15) is 0 Å². The van der Waals surface area contributed by atoms with Gasteiger partial charge in [0.25, 0.3) is 0 Å². The number of para-hydroxylation sites is 1. The number of hydrogen-bond acceptors (Lipinski definition) is 3. The van der Waals surface area contributed by atoms with Crippen LogP contribution in [-0.2, 0) is 0 Å². The Morgan fingerprint density at radius 3 is 2.75 bits per heavy atom. The third kappa shape index (κ3) is 1.81. The third-order valence-corrected chi connectivity index (χ3v) is 3.65. The van der Waals surface area contributed by atoms with Crippen LogP contribution in [0.2, 0.25) is 0 Å². The number of anilines is 1. The molecule has 1 atom stereocenters. The molecule has 0 saturated carbocycles. The van der Waals surface area contributed by atoms with Crippen LogP contribution < -0.4 is 10.6 Å². The predicted molar refractivity (Wildman–Crippen MR) is 66.7 cm³/mol. The first-order chi connectivity index (χ1) is 7.95. The van der Waals surface area contributed by atoms with Crippen LogP contribution in [0.3, 0.4) is 0 Å². The van der Waals surface area contributed by atoms with Gasteiger partial charge < -0.3 is 10.6 Å². The second-order valence-corrected chi connectivity index (χ2v) is 4.60. The summed E-state index contributed by atoms with van der Waals surface area (Å²) in [6.07, 6.45) is 1.23. The zero-order valence-electron chi connectivity index (χ0n) is 9.58. The van der Waals surface area contributed by atoms with E-state index in [0.717, 1.165) is 19.6 Å². The van der Waals surface area contributed by atoms with E-state index in [9.17, 15) is 0 Å². The fraction of sp³-hybridized carbons (Fsp3) is 0.538. The van der Waals surface area contributed by atoms with Crippen LogP contribution in [0.4, 0.5) is 5.69 Å². The van der Waals surface area contributed by atoms with E-state index < -0.39 is 0 Å². The number of nitrogens with one attached hydrogen (secondary N) is 2. The molecule has 2 aliphatic heterocycles.